The minimum absolute atomic E-state index is 1.10. The lowest BCUT2D eigenvalue weighted by molar-refractivity contribution is 1.14. The monoisotopic (exact) mass is 264 g/mol. The van der Waals surface area contributed by atoms with Crippen molar-refractivity contribution in [2.75, 3.05) is 0 Å². The van der Waals surface area contributed by atoms with E-state index in [9.17, 15) is 0 Å². The summed E-state index contributed by atoms with van der Waals surface area (Å²) in [5.41, 5.74) is 4.00. The molecule has 0 aliphatic heterocycles. The quantitative estimate of drug-likeness (QED) is 0.574. The first-order chi connectivity index (χ1) is 9.36. The number of aryl methyl sites for hydroxylation is 1. The highest BCUT2D eigenvalue weighted by Gasteiger charge is 2.04. The van der Waals surface area contributed by atoms with E-state index in [1.807, 2.05) is 11.3 Å². The number of rotatable bonds is 3. The Bertz CT molecular complexity index is 648. The second-order valence-electron chi connectivity index (χ2n) is 4.58. The molecular weight excluding hydrogens is 248 g/mol. The second kappa shape index (κ2) is 5.41. The van der Waals surface area contributed by atoms with Gasteiger partial charge in [-0.1, -0.05) is 61.5 Å². The highest BCUT2D eigenvalue weighted by atomic mass is 32.1. The first-order valence-corrected chi connectivity index (χ1v) is 7.43. The van der Waals surface area contributed by atoms with Crippen molar-refractivity contribution in [2.24, 2.45) is 0 Å². The maximum Gasteiger partial charge on any atom is 0.0349 e. The Kier molecular flexibility index (Phi) is 3.47. The van der Waals surface area contributed by atoms with Crippen LogP contribution in [0.15, 0.2) is 66.7 Å². The predicted octanol–water partition coefficient (Wildman–Crippen LogP) is 5.64. The van der Waals surface area contributed by atoms with E-state index in [0.29, 0.717) is 0 Å². The number of hydrogen-bond donors (Lipinski definition) is 0. The van der Waals surface area contributed by atoms with Crippen molar-refractivity contribution >= 4 is 11.3 Å². The summed E-state index contributed by atoms with van der Waals surface area (Å²) in [5.74, 6) is 0. The van der Waals surface area contributed by atoms with Crippen LogP contribution in [0.25, 0.3) is 20.9 Å². The Morgan fingerprint density at radius 2 is 1.26 bits per heavy atom. The van der Waals surface area contributed by atoms with Crippen LogP contribution in [0.3, 0.4) is 0 Å². The van der Waals surface area contributed by atoms with Crippen molar-refractivity contribution in [3.63, 3.8) is 0 Å². The zero-order valence-electron chi connectivity index (χ0n) is 11.0. The summed E-state index contributed by atoms with van der Waals surface area (Å²) in [4.78, 5) is 2.66. The minimum Gasteiger partial charge on any atom is -0.135 e. The average Bonchev–Trinajstić information content (AvgIpc) is 2.98. The number of hydrogen-bond acceptors (Lipinski definition) is 1. The van der Waals surface area contributed by atoms with E-state index in [1.54, 1.807) is 0 Å². The molecule has 0 bridgehead atoms. The van der Waals surface area contributed by atoms with Crippen LogP contribution >= 0.6 is 11.3 Å². The van der Waals surface area contributed by atoms with E-state index < -0.39 is 0 Å². The Morgan fingerprint density at radius 1 is 0.684 bits per heavy atom. The largest absolute Gasteiger partial charge is 0.135 e. The van der Waals surface area contributed by atoms with E-state index in [1.165, 1.54) is 26.4 Å². The molecule has 0 spiro atoms. The van der Waals surface area contributed by atoms with E-state index in [4.69, 9.17) is 0 Å². The van der Waals surface area contributed by atoms with Gasteiger partial charge in [0.25, 0.3) is 0 Å². The Labute approximate surface area is 118 Å². The predicted molar refractivity (Wildman–Crippen MR) is 84.6 cm³/mol. The van der Waals surface area contributed by atoms with Crippen LogP contribution in [0.5, 0.6) is 0 Å². The van der Waals surface area contributed by atoms with Gasteiger partial charge in [-0.25, -0.2) is 0 Å². The van der Waals surface area contributed by atoms with Crippen molar-refractivity contribution in [3.05, 3.63) is 72.3 Å². The van der Waals surface area contributed by atoms with E-state index in [-0.39, 0.29) is 0 Å². The standard InChI is InChI=1S/C18H16S/c1-2-14-8-10-16(11-9-14)18-13-12-17(19-18)15-6-4-3-5-7-15/h3-13H,2H2,1H3. The molecule has 94 valence electrons. The van der Waals surface area contributed by atoms with Gasteiger partial charge in [-0.2, -0.15) is 0 Å². The van der Waals surface area contributed by atoms with Crippen molar-refractivity contribution in [2.45, 2.75) is 13.3 Å². The van der Waals surface area contributed by atoms with Gasteiger partial charge in [0.15, 0.2) is 0 Å². The van der Waals surface area contributed by atoms with E-state index in [0.717, 1.165) is 6.42 Å². The molecule has 19 heavy (non-hydrogen) atoms. The third-order valence-corrected chi connectivity index (χ3v) is 4.49. The molecular formula is C18H16S. The number of benzene rings is 2. The summed E-state index contributed by atoms with van der Waals surface area (Å²) in [6, 6.07) is 23.9. The molecule has 3 aromatic rings. The van der Waals surface area contributed by atoms with Gasteiger partial charge in [0.1, 0.15) is 0 Å². The summed E-state index contributed by atoms with van der Waals surface area (Å²) in [6.07, 6.45) is 1.10. The van der Waals surface area contributed by atoms with Gasteiger partial charge in [0.05, 0.1) is 0 Å². The Morgan fingerprint density at radius 3 is 1.84 bits per heavy atom. The summed E-state index contributed by atoms with van der Waals surface area (Å²) in [7, 11) is 0. The highest BCUT2D eigenvalue weighted by molar-refractivity contribution is 7.18. The normalized spacial score (nSPS) is 10.6. The van der Waals surface area contributed by atoms with Crippen molar-refractivity contribution in [1.29, 1.82) is 0 Å². The molecule has 0 atom stereocenters. The first-order valence-electron chi connectivity index (χ1n) is 6.61. The molecule has 0 N–H and O–H groups in total. The van der Waals surface area contributed by atoms with Crippen molar-refractivity contribution in [3.8, 4) is 20.9 Å². The van der Waals surface area contributed by atoms with Gasteiger partial charge >= 0.3 is 0 Å². The molecule has 0 saturated heterocycles. The molecule has 2 aromatic carbocycles. The topological polar surface area (TPSA) is 0 Å². The molecule has 1 heterocycles. The minimum atomic E-state index is 1.10. The van der Waals surface area contributed by atoms with Crippen LogP contribution in [0.1, 0.15) is 12.5 Å². The molecule has 0 fully saturated rings. The van der Waals surface area contributed by atoms with E-state index >= 15 is 0 Å². The van der Waals surface area contributed by atoms with Crippen LogP contribution in [-0.4, -0.2) is 0 Å². The van der Waals surface area contributed by atoms with Gasteiger partial charge in [-0.05, 0) is 35.2 Å². The van der Waals surface area contributed by atoms with Crippen LogP contribution < -0.4 is 0 Å². The third kappa shape index (κ3) is 2.61. The third-order valence-electron chi connectivity index (χ3n) is 3.31. The number of thiophene rings is 1. The first kappa shape index (κ1) is 12.2. The molecule has 0 aliphatic carbocycles. The molecule has 0 saturated carbocycles. The molecule has 0 amide bonds. The molecule has 1 aromatic heterocycles. The van der Waals surface area contributed by atoms with Gasteiger partial charge in [0.2, 0.25) is 0 Å². The molecule has 3 rings (SSSR count). The summed E-state index contributed by atoms with van der Waals surface area (Å²) in [6.45, 7) is 2.19. The summed E-state index contributed by atoms with van der Waals surface area (Å²) < 4.78 is 0. The lowest BCUT2D eigenvalue weighted by Gasteiger charge is -2.00. The highest BCUT2D eigenvalue weighted by Crippen LogP contribution is 2.34. The van der Waals surface area contributed by atoms with E-state index in [2.05, 4.69) is 73.7 Å². The molecule has 0 radical (unpaired) electrons. The van der Waals surface area contributed by atoms with Gasteiger partial charge in [0, 0.05) is 9.75 Å². The summed E-state index contributed by atoms with van der Waals surface area (Å²) >= 11 is 1.85. The Balaban J connectivity index is 1.92. The zero-order chi connectivity index (χ0) is 13.1. The van der Waals surface area contributed by atoms with Gasteiger partial charge in [-0.15, -0.1) is 11.3 Å². The van der Waals surface area contributed by atoms with Crippen LogP contribution in [0.4, 0.5) is 0 Å². The molecule has 0 nitrogen and oxygen atoms in total. The van der Waals surface area contributed by atoms with Crippen LogP contribution in [-0.2, 0) is 6.42 Å². The zero-order valence-corrected chi connectivity index (χ0v) is 11.8. The van der Waals surface area contributed by atoms with Gasteiger partial charge in [-0.3, -0.25) is 0 Å². The van der Waals surface area contributed by atoms with Crippen LogP contribution in [0, 0.1) is 0 Å². The second-order valence-corrected chi connectivity index (χ2v) is 5.66. The summed E-state index contributed by atoms with van der Waals surface area (Å²) in [5, 5.41) is 0. The molecule has 0 unspecified atom stereocenters. The average molecular weight is 264 g/mol. The maximum absolute atomic E-state index is 2.22. The van der Waals surface area contributed by atoms with Crippen LogP contribution in [0.2, 0.25) is 0 Å². The van der Waals surface area contributed by atoms with Crippen molar-refractivity contribution < 1.29 is 0 Å². The SMILES string of the molecule is CCc1ccc(-c2ccc(-c3ccccc3)s2)cc1. The maximum atomic E-state index is 2.22. The fourth-order valence-corrected chi connectivity index (χ4v) is 3.17. The fraction of sp³-hybridized carbons (Fsp3) is 0.111. The van der Waals surface area contributed by atoms with Gasteiger partial charge < -0.3 is 0 Å². The Hall–Kier alpha value is -1.86. The lowest BCUT2D eigenvalue weighted by Crippen LogP contribution is -1.78. The fourth-order valence-electron chi connectivity index (χ4n) is 2.16. The smallest absolute Gasteiger partial charge is 0.0349 e. The van der Waals surface area contributed by atoms with Crippen molar-refractivity contribution in [1.82, 2.24) is 0 Å². The molecule has 1 heteroatoms. The molecule has 0 aliphatic rings. The lowest BCUT2D eigenvalue weighted by atomic mass is 10.1.